The van der Waals surface area contributed by atoms with Crippen LogP contribution in [0.1, 0.15) is 6.42 Å². The lowest BCUT2D eigenvalue weighted by Crippen LogP contribution is -2.49. The molecule has 0 aromatic heterocycles. The summed E-state index contributed by atoms with van der Waals surface area (Å²) in [6.07, 6.45) is -0.125. The quantitative estimate of drug-likeness (QED) is 0.384. The highest BCUT2D eigenvalue weighted by molar-refractivity contribution is 7.80. The predicted molar refractivity (Wildman–Crippen MR) is 40.7 cm³/mol. The van der Waals surface area contributed by atoms with Crippen LogP contribution >= 0.6 is 24.6 Å². The fourth-order valence-corrected chi connectivity index (χ4v) is 0.746. The van der Waals surface area contributed by atoms with E-state index in [-0.39, 0.29) is 35.8 Å². The summed E-state index contributed by atoms with van der Waals surface area (Å²) in [6, 6.07) is 0. The fraction of sp³-hybridized carbons (Fsp3) is 0.250. The molecule has 56 valence electrons. The number of halogens is 1. The van der Waals surface area contributed by atoms with Crippen LogP contribution in [0.4, 0.5) is 0 Å². The molecule has 0 aromatic carbocycles. The van der Waals surface area contributed by atoms with Gasteiger partial charge in [0.1, 0.15) is 6.42 Å². The van der Waals surface area contributed by atoms with Gasteiger partial charge in [0.05, 0.1) is 0 Å². The molecule has 1 aliphatic heterocycles. The molecule has 0 atom stereocenters. The largest absolute Gasteiger partial charge is 0.302 e. The lowest BCUT2D eigenvalue weighted by atomic mass is 10.3. The Bertz CT molecular complexity index is 148. The number of hydrogen-bond donors (Lipinski definition) is 2. The minimum absolute atomic E-state index is 0. The minimum Gasteiger partial charge on any atom is -0.302 e. The van der Waals surface area contributed by atoms with Crippen LogP contribution in [0.15, 0.2) is 0 Å². The normalized spacial score (nSPS) is 17.0. The van der Waals surface area contributed by atoms with Gasteiger partial charge in [-0.15, -0.1) is 12.4 Å². The molecule has 1 heterocycles. The van der Waals surface area contributed by atoms with Crippen molar-refractivity contribution in [3.05, 3.63) is 0 Å². The molecule has 1 aliphatic rings. The average Bonchev–Trinajstić information content (AvgIpc) is 1.59. The summed E-state index contributed by atoms with van der Waals surface area (Å²) >= 11 is 4.50. The Morgan fingerprint density at radius 2 is 1.60 bits per heavy atom. The number of carbonyl (C=O) groups excluding carboxylic acids is 2. The predicted octanol–water partition coefficient (Wildman–Crippen LogP) is -0.671. The van der Waals surface area contributed by atoms with Gasteiger partial charge in [0, 0.05) is 0 Å². The second kappa shape index (κ2) is 3.48. The summed E-state index contributed by atoms with van der Waals surface area (Å²) in [5.41, 5.74) is 0. The third-order valence-electron chi connectivity index (χ3n) is 0.827. The highest BCUT2D eigenvalue weighted by atomic mass is 35.5. The summed E-state index contributed by atoms with van der Waals surface area (Å²) in [5, 5.41) is 4.63. The molecule has 1 saturated heterocycles. The molecule has 0 aromatic rings. The Balaban J connectivity index is 0.000000810. The third-order valence-corrected chi connectivity index (χ3v) is 1.03. The molecule has 4 nitrogen and oxygen atoms in total. The number of nitrogens with one attached hydrogen (secondary N) is 2. The van der Waals surface area contributed by atoms with Gasteiger partial charge in [-0.1, -0.05) is 0 Å². The zero-order chi connectivity index (χ0) is 6.85. The lowest BCUT2D eigenvalue weighted by Gasteiger charge is -2.12. The van der Waals surface area contributed by atoms with E-state index in [9.17, 15) is 9.59 Å². The first-order valence-corrected chi connectivity index (χ1v) is 2.73. The van der Waals surface area contributed by atoms with Crippen molar-refractivity contribution in [3.63, 3.8) is 0 Å². The van der Waals surface area contributed by atoms with E-state index in [1.165, 1.54) is 0 Å². The lowest BCUT2D eigenvalue weighted by molar-refractivity contribution is -0.129. The molecule has 0 spiro atoms. The second-order valence-electron chi connectivity index (χ2n) is 1.60. The first-order chi connectivity index (χ1) is 4.18. The van der Waals surface area contributed by atoms with Crippen molar-refractivity contribution in [2.45, 2.75) is 6.42 Å². The first kappa shape index (κ1) is 9.32. The van der Waals surface area contributed by atoms with Crippen molar-refractivity contribution >= 4 is 41.6 Å². The second-order valence-corrected chi connectivity index (χ2v) is 2.01. The number of carbonyl (C=O) groups is 2. The van der Waals surface area contributed by atoms with Crippen molar-refractivity contribution in [1.29, 1.82) is 0 Å². The molecule has 6 heteroatoms. The van der Waals surface area contributed by atoms with Crippen LogP contribution in [0.3, 0.4) is 0 Å². The molecule has 0 unspecified atom stereocenters. The first-order valence-electron chi connectivity index (χ1n) is 2.32. The van der Waals surface area contributed by atoms with Gasteiger partial charge >= 0.3 is 0 Å². The highest BCUT2D eigenvalue weighted by Gasteiger charge is 2.17. The molecular formula is C4H5ClN2O2S. The molecule has 0 bridgehead atoms. The molecule has 2 N–H and O–H groups in total. The zero-order valence-electron chi connectivity index (χ0n) is 4.84. The Labute approximate surface area is 68.8 Å². The van der Waals surface area contributed by atoms with Crippen molar-refractivity contribution in [3.8, 4) is 0 Å². The number of amides is 2. The van der Waals surface area contributed by atoms with Gasteiger partial charge in [-0.3, -0.25) is 9.59 Å². The smallest absolute Gasteiger partial charge is 0.235 e. The van der Waals surface area contributed by atoms with Gasteiger partial charge < -0.3 is 10.6 Å². The maximum absolute atomic E-state index is 10.4. The average molecular weight is 181 g/mol. The SMILES string of the molecule is Cl.O=C1CC(=O)NC(=S)N1. The Morgan fingerprint density at radius 1 is 1.20 bits per heavy atom. The van der Waals surface area contributed by atoms with E-state index in [0.29, 0.717) is 0 Å². The number of hydrogen-bond acceptors (Lipinski definition) is 3. The summed E-state index contributed by atoms with van der Waals surface area (Å²) in [6.45, 7) is 0. The van der Waals surface area contributed by atoms with Crippen LogP contribution in [0, 0.1) is 0 Å². The van der Waals surface area contributed by atoms with E-state index in [0.717, 1.165) is 0 Å². The van der Waals surface area contributed by atoms with Crippen LogP contribution in [-0.2, 0) is 9.59 Å². The van der Waals surface area contributed by atoms with E-state index in [1.807, 2.05) is 0 Å². The van der Waals surface area contributed by atoms with Crippen LogP contribution < -0.4 is 10.6 Å². The van der Waals surface area contributed by atoms with Crippen molar-refractivity contribution in [2.24, 2.45) is 0 Å². The van der Waals surface area contributed by atoms with Gasteiger partial charge in [0.25, 0.3) is 0 Å². The number of thiocarbonyl (C=S) groups is 1. The van der Waals surface area contributed by atoms with Gasteiger partial charge in [-0.25, -0.2) is 0 Å². The summed E-state index contributed by atoms with van der Waals surface area (Å²) in [5.74, 6) is -0.687. The van der Waals surface area contributed by atoms with Crippen molar-refractivity contribution in [1.82, 2.24) is 10.6 Å². The highest BCUT2D eigenvalue weighted by Crippen LogP contribution is 1.86. The monoisotopic (exact) mass is 180 g/mol. The van der Waals surface area contributed by atoms with Crippen LogP contribution in [0.25, 0.3) is 0 Å². The van der Waals surface area contributed by atoms with E-state index in [4.69, 9.17) is 0 Å². The molecule has 2 amide bonds. The van der Waals surface area contributed by atoms with Crippen LogP contribution in [0.2, 0.25) is 0 Å². The van der Waals surface area contributed by atoms with Crippen LogP contribution in [0.5, 0.6) is 0 Å². The van der Waals surface area contributed by atoms with Crippen molar-refractivity contribution < 1.29 is 9.59 Å². The van der Waals surface area contributed by atoms with Gasteiger partial charge in [-0.05, 0) is 12.2 Å². The summed E-state index contributed by atoms with van der Waals surface area (Å²) in [4.78, 5) is 20.8. The van der Waals surface area contributed by atoms with Gasteiger partial charge in [-0.2, -0.15) is 0 Å². The van der Waals surface area contributed by atoms with Gasteiger partial charge in [0.2, 0.25) is 11.8 Å². The van der Waals surface area contributed by atoms with Crippen LogP contribution in [-0.4, -0.2) is 16.9 Å². The topological polar surface area (TPSA) is 58.2 Å². The molecular weight excluding hydrogens is 176 g/mol. The third kappa shape index (κ3) is 2.28. The fourth-order valence-electron chi connectivity index (χ4n) is 0.519. The standard InChI is InChI=1S/C4H4N2O2S.ClH/c7-2-1-3(8)6-4(9)5-2;/h1H2,(H2,5,6,7,8,9);1H. The maximum atomic E-state index is 10.4. The van der Waals surface area contributed by atoms with E-state index >= 15 is 0 Å². The van der Waals surface area contributed by atoms with E-state index in [1.54, 1.807) is 0 Å². The van der Waals surface area contributed by atoms with Crippen molar-refractivity contribution in [2.75, 3.05) is 0 Å². The van der Waals surface area contributed by atoms with E-state index in [2.05, 4.69) is 22.9 Å². The molecule has 0 radical (unpaired) electrons. The molecule has 1 rings (SSSR count). The van der Waals surface area contributed by atoms with Gasteiger partial charge in [0.15, 0.2) is 5.11 Å². The zero-order valence-corrected chi connectivity index (χ0v) is 6.47. The molecule has 1 fully saturated rings. The Kier molecular flexibility index (Phi) is 3.24. The molecule has 0 saturated carbocycles. The molecule has 10 heavy (non-hydrogen) atoms. The Morgan fingerprint density at radius 3 is 1.90 bits per heavy atom. The number of rotatable bonds is 0. The maximum Gasteiger partial charge on any atom is 0.235 e. The summed E-state index contributed by atoms with van der Waals surface area (Å²) < 4.78 is 0. The molecule has 0 aliphatic carbocycles. The Hall–Kier alpha value is -0.680. The minimum atomic E-state index is -0.344. The summed E-state index contributed by atoms with van der Waals surface area (Å²) in [7, 11) is 0. The van der Waals surface area contributed by atoms with E-state index < -0.39 is 0 Å².